The smallest absolute Gasteiger partial charge is 0.338 e. The minimum absolute atomic E-state index is 0.106. The van der Waals surface area contributed by atoms with Gasteiger partial charge in [-0.2, -0.15) is 5.26 Å². The van der Waals surface area contributed by atoms with E-state index in [0.717, 1.165) is 0 Å². The van der Waals surface area contributed by atoms with Gasteiger partial charge in [-0.3, -0.25) is 9.59 Å². The molecular weight excluding hydrogens is 338 g/mol. The van der Waals surface area contributed by atoms with E-state index in [1.165, 1.54) is 43.5 Å². The van der Waals surface area contributed by atoms with E-state index in [0.29, 0.717) is 5.69 Å². The molecule has 8 heteroatoms. The molecule has 2 N–H and O–H groups in total. The molecule has 2 aromatic rings. The first kappa shape index (κ1) is 18.6. The number of carbonyl (C=O) groups is 3. The maximum Gasteiger partial charge on any atom is 0.338 e. The summed E-state index contributed by atoms with van der Waals surface area (Å²) in [4.78, 5) is 35.5. The number of ether oxygens (including phenoxy) is 1. The fourth-order valence-corrected chi connectivity index (χ4v) is 2.00. The van der Waals surface area contributed by atoms with Crippen LogP contribution in [0.2, 0.25) is 0 Å². The molecule has 1 heterocycles. The van der Waals surface area contributed by atoms with Gasteiger partial charge >= 0.3 is 5.97 Å². The molecule has 0 saturated carbocycles. The lowest BCUT2D eigenvalue weighted by atomic mass is 10.0. The van der Waals surface area contributed by atoms with Crippen LogP contribution in [0.15, 0.2) is 47.1 Å². The number of ketones is 1. The van der Waals surface area contributed by atoms with Gasteiger partial charge in [-0.25, -0.2) is 4.79 Å². The van der Waals surface area contributed by atoms with Crippen LogP contribution in [0.1, 0.15) is 27.8 Å². The highest BCUT2D eigenvalue weighted by Crippen LogP contribution is 2.13. The van der Waals surface area contributed by atoms with E-state index in [9.17, 15) is 14.4 Å². The third kappa shape index (κ3) is 4.64. The monoisotopic (exact) mass is 353 g/mol. The van der Waals surface area contributed by atoms with Crippen molar-refractivity contribution in [2.75, 3.05) is 11.9 Å². The second kappa shape index (κ2) is 8.39. The summed E-state index contributed by atoms with van der Waals surface area (Å²) in [6.07, 6.45) is 1.38. The average molecular weight is 353 g/mol. The van der Waals surface area contributed by atoms with Gasteiger partial charge < -0.3 is 19.9 Å². The Bertz CT molecular complexity index is 863. The molecule has 0 bridgehead atoms. The molecule has 0 spiro atoms. The molecular formula is C18H15N3O5. The highest BCUT2D eigenvalue weighted by molar-refractivity contribution is 6.06. The van der Waals surface area contributed by atoms with Gasteiger partial charge in [-0.05, 0) is 43.3 Å². The molecule has 1 aromatic heterocycles. The number of furan rings is 1. The van der Waals surface area contributed by atoms with Gasteiger partial charge in [-0.15, -0.1) is 0 Å². The van der Waals surface area contributed by atoms with Crippen molar-refractivity contribution >= 4 is 29.1 Å². The van der Waals surface area contributed by atoms with Crippen LogP contribution < -0.4 is 5.32 Å². The second-order valence-corrected chi connectivity index (χ2v) is 5.30. The largest absolute Gasteiger partial charge is 0.459 e. The Hall–Kier alpha value is -3.73. The van der Waals surface area contributed by atoms with Crippen molar-refractivity contribution in [3.8, 4) is 6.07 Å². The fourth-order valence-electron chi connectivity index (χ4n) is 2.00. The molecule has 0 aliphatic heterocycles. The molecule has 26 heavy (non-hydrogen) atoms. The zero-order chi connectivity index (χ0) is 19.1. The molecule has 0 radical (unpaired) electrons. The van der Waals surface area contributed by atoms with Gasteiger partial charge in [0.1, 0.15) is 5.92 Å². The van der Waals surface area contributed by atoms with Crippen molar-refractivity contribution in [1.29, 1.82) is 10.7 Å². The van der Waals surface area contributed by atoms with Crippen LogP contribution in [-0.2, 0) is 9.53 Å². The molecule has 2 rings (SSSR count). The first-order valence-electron chi connectivity index (χ1n) is 7.51. The highest BCUT2D eigenvalue weighted by atomic mass is 16.5. The van der Waals surface area contributed by atoms with Crippen LogP contribution in [0.5, 0.6) is 0 Å². The minimum Gasteiger partial charge on any atom is -0.459 e. The third-order valence-electron chi connectivity index (χ3n) is 3.35. The summed E-state index contributed by atoms with van der Waals surface area (Å²) in [5.41, 5.74) is 0.516. The molecule has 1 amide bonds. The van der Waals surface area contributed by atoms with Crippen molar-refractivity contribution < 1.29 is 23.5 Å². The van der Waals surface area contributed by atoms with E-state index in [1.807, 2.05) is 0 Å². The number of esters is 1. The predicted molar refractivity (Wildman–Crippen MR) is 90.9 cm³/mol. The van der Waals surface area contributed by atoms with E-state index < -0.39 is 30.2 Å². The van der Waals surface area contributed by atoms with Crippen molar-refractivity contribution in [3.63, 3.8) is 0 Å². The normalized spacial score (nSPS) is 11.1. The first-order chi connectivity index (χ1) is 12.4. The lowest BCUT2D eigenvalue weighted by molar-refractivity contribution is -0.122. The summed E-state index contributed by atoms with van der Waals surface area (Å²) >= 11 is 0. The van der Waals surface area contributed by atoms with Crippen LogP contribution in [-0.4, -0.2) is 30.0 Å². The van der Waals surface area contributed by atoms with E-state index in [4.69, 9.17) is 19.8 Å². The highest BCUT2D eigenvalue weighted by Gasteiger charge is 2.21. The number of nitriles is 1. The Balaban J connectivity index is 1.92. The number of hydrogen-bond donors (Lipinski definition) is 2. The van der Waals surface area contributed by atoms with E-state index in [2.05, 4.69) is 5.32 Å². The molecule has 8 nitrogen and oxygen atoms in total. The maximum atomic E-state index is 11.9. The van der Waals surface area contributed by atoms with Crippen LogP contribution >= 0.6 is 0 Å². The summed E-state index contributed by atoms with van der Waals surface area (Å²) in [6, 6.07) is 10.6. The molecule has 1 unspecified atom stereocenters. The van der Waals surface area contributed by atoms with Gasteiger partial charge in [0, 0.05) is 11.4 Å². The summed E-state index contributed by atoms with van der Waals surface area (Å²) in [5, 5.41) is 18.8. The number of rotatable bonds is 7. The Morgan fingerprint density at radius 3 is 2.50 bits per heavy atom. The van der Waals surface area contributed by atoms with Crippen LogP contribution in [0.4, 0.5) is 5.69 Å². The van der Waals surface area contributed by atoms with Crippen LogP contribution in [0.25, 0.3) is 0 Å². The third-order valence-corrected chi connectivity index (χ3v) is 3.35. The number of amides is 1. The molecule has 0 aliphatic carbocycles. The van der Waals surface area contributed by atoms with E-state index in [-0.39, 0.29) is 17.0 Å². The first-order valence-corrected chi connectivity index (χ1v) is 7.51. The summed E-state index contributed by atoms with van der Waals surface area (Å²) < 4.78 is 9.84. The Kier molecular flexibility index (Phi) is 6.01. The standard InChI is InChI=1S/C18H15N3O5/c1-11(20)14(9-19)15(22)10-26-18(24)12-4-6-13(7-5-12)21-17(23)16-3-2-8-25-16/h2-8,14,20H,10H2,1H3,(H,21,23). The number of carbonyl (C=O) groups excluding carboxylic acids is 3. The molecule has 1 atom stereocenters. The molecule has 0 aliphatic rings. The average Bonchev–Trinajstić information content (AvgIpc) is 3.15. The van der Waals surface area contributed by atoms with Crippen molar-refractivity contribution in [1.82, 2.24) is 0 Å². The number of benzene rings is 1. The van der Waals surface area contributed by atoms with Crippen molar-refractivity contribution in [2.24, 2.45) is 5.92 Å². The number of anilines is 1. The lowest BCUT2D eigenvalue weighted by Gasteiger charge is -2.08. The van der Waals surface area contributed by atoms with Gasteiger partial charge in [0.25, 0.3) is 5.91 Å². The second-order valence-electron chi connectivity index (χ2n) is 5.30. The number of nitrogens with zero attached hydrogens (tertiary/aromatic N) is 1. The van der Waals surface area contributed by atoms with Crippen molar-refractivity contribution in [3.05, 3.63) is 54.0 Å². The SMILES string of the molecule is CC(=N)C(C#N)C(=O)COC(=O)c1ccc(NC(=O)c2ccco2)cc1. The fraction of sp³-hybridized carbons (Fsp3) is 0.167. The topological polar surface area (TPSA) is 133 Å². The molecule has 0 saturated heterocycles. The predicted octanol–water partition coefficient (Wildman–Crippen LogP) is 2.44. The molecule has 1 aromatic carbocycles. The Labute approximate surface area is 148 Å². The van der Waals surface area contributed by atoms with Gasteiger partial charge in [0.15, 0.2) is 18.2 Å². The summed E-state index contributed by atoms with van der Waals surface area (Å²) in [7, 11) is 0. The molecule has 0 fully saturated rings. The zero-order valence-corrected chi connectivity index (χ0v) is 13.8. The molecule has 132 valence electrons. The lowest BCUT2D eigenvalue weighted by Crippen LogP contribution is -2.25. The zero-order valence-electron chi connectivity index (χ0n) is 13.8. The van der Waals surface area contributed by atoms with Crippen LogP contribution in [0.3, 0.4) is 0 Å². The minimum atomic E-state index is -1.22. The Morgan fingerprint density at radius 2 is 1.96 bits per heavy atom. The van der Waals surface area contributed by atoms with Gasteiger partial charge in [0.05, 0.1) is 17.9 Å². The number of Topliss-reactive ketones (excluding diaryl/α,β-unsaturated/α-hetero) is 1. The van der Waals surface area contributed by atoms with Gasteiger partial charge in [-0.1, -0.05) is 0 Å². The van der Waals surface area contributed by atoms with Crippen LogP contribution in [0, 0.1) is 22.7 Å². The summed E-state index contributed by atoms with van der Waals surface area (Å²) in [5.74, 6) is -2.90. The Morgan fingerprint density at radius 1 is 1.27 bits per heavy atom. The maximum absolute atomic E-state index is 11.9. The summed E-state index contributed by atoms with van der Waals surface area (Å²) in [6.45, 7) is 0.744. The number of nitrogens with one attached hydrogen (secondary N) is 2. The van der Waals surface area contributed by atoms with E-state index in [1.54, 1.807) is 12.1 Å². The van der Waals surface area contributed by atoms with Crippen molar-refractivity contribution in [2.45, 2.75) is 6.92 Å². The quantitative estimate of drug-likeness (QED) is 0.580. The van der Waals surface area contributed by atoms with Gasteiger partial charge in [0.2, 0.25) is 0 Å². The van der Waals surface area contributed by atoms with E-state index >= 15 is 0 Å². The number of hydrogen-bond acceptors (Lipinski definition) is 7.